The average Bonchev–Trinajstić information content (AvgIpc) is 2.56. The van der Waals surface area contributed by atoms with Gasteiger partial charge in [-0.15, -0.1) is 0 Å². The van der Waals surface area contributed by atoms with Gasteiger partial charge < -0.3 is 9.31 Å². The van der Waals surface area contributed by atoms with Crippen molar-refractivity contribution in [3.05, 3.63) is 29.1 Å². The fourth-order valence-corrected chi connectivity index (χ4v) is 2.07. The molecule has 8 heteroatoms. The number of alkyl halides is 3. The first-order chi connectivity index (χ1) is 9.89. The predicted octanol–water partition coefficient (Wildman–Crippen LogP) is 3.02. The molecule has 22 heavy (non-hydrogen) atoms. The Balaban J connectivity index is 2.56. The maximum absolute atomic E-state index is 13.8. The zero-order valence-electron chi connectivity index (χ0n) is 12.5. The van der Waals surface area contributed by atoms with Crippen LogP contribution in [0.3, 0.4) is 0 Å². The summed E-state index contributed by atoms with van der Waals surface area (Å²) in [7, 11) is -1.24. The maximum atomic E-state index is 13.8. The van der Waals surface area contributed by atoms with Crippen molar-refractivity contribution in [2.45, 2.75) is 45.1 Å². The number of hydrogen-bond acceptors (Lipinski definition) is 3. The van der Waals surface area contributed by atoms with Crippen molar-refractivity contribution < 1.29 is 26.9 Å². The van der Waals surface area contributed by atoms with Gasteiger partial charge in [0.1, 0.15) is 11.9 Å². The van der Waals surface area contributed by atoms with Crippen molar-refractivity contribution in [1.82, 2.24) is 0 Å². The van der Waals surface area contributed by atoms with Gasteiger partial charge in [0.05, 0.1) is 22.3 Å². The highest BCUT2D eigenvalue weighted by Crippen LogP contribution is 2.37. The zero-order chi connectivity index (χ0) is 16.9. The van der Waals surface area contributed by atoms with Crippen molar-refractivity contribution in [1.29, 1.82) is 5.26 Å². The van der Waals surface area contributed by atoms with Crippen LogP contribution in [-0.2, 0) is 15.5 Å². The number of hydrogen-bond donors (Lipinski definition) is 0. The van der Waals surface area contributed by atoms with Gasteiger partial charge in [-0.1, -0.05) is 0 Å². The molecule has 0 unspecified atom stereocenters. The monoisotopic (exact) mass is 315 g/mol. The molecule has 1 aliphatic rings. The lowest BCUT2D eigenvalue weighted by molar-refractivity contribution is -0.137. The van der Waals surface area contributed by atoms with Gasteiger partial charge in [-0.2, -0.15) is 18.4 Å². The first kappa shape index (κ1) is 16.8. The molecule has 1 aliphatic heterocycles. The van der Waals surface area contributed by atoms with E-state index in [1.807, 2.05) is 0 Å². The third-order valence-corrected chi connectivity index (χ3v) is 4.07. The van der Waals surface area contributed by atoms with Crippen LogP contribution in [0.2, 0.25) is 0 Å². The van der Waals surface area contributed by atoms with Gasteiger partial charge in [-0.3, -0.25) is 0 Å². The second kappa shape index (κ2) is 4.96. The summed E-state index contributed by atoms with van der Waals surface area (Å²) < 4.78 is 63.6. The molecule has 2 rings (SSSR count). The van der Waals surface area contributed by atoms with E-state index < -0.39 is 41.4 Å². The summed E-state index contributed by atoms with van der Waals surface area (Å²) in [6.07, 6.45) is -4.73. The summed E-state index contributed by atoms with van der Waals surface area (Å²) in [5.41, 5.74) is -3.57. The smallest absolute Gasteiger partial charge is 0.399 e. The SMILES string of the molecule is CC1(C)OB(c2cc(C(F)(F)F)cc(F)c2C#N)OC1(C)C. The van der Waals surface area contributed by atoms with Crippen molar-refractivity contribution in [2.24, 2.45) is 0 Å². The topological polar surface area (TPSA) is 42.2 Å². The summed E-state index contributed by atoms with van der Waals surface area (Å²) in [4.78, 5) is 0. The Kier molecular flexibility index (Phi) is 3.79. The van der Waals surface area contributed by atoms with Crippen LogP contribution in [0.25, 0.3) is 0 Å². The molecule has 1 aromatic rings. The van der Waals surface area contributed by atoms with Gasteiger partial charge in [0, 0.05) is 5.46 Å². The highest BCUT2D eigenvalue weighted by molar-refractivity contribution is 6.62. The summed E-state index contributed by atoms with van der Waals surface area (Å²) in [5, 5.41) is 9.03. The summed E-state index contributed by atoms with van der Waals surface area (Å²) >= 11 is 0. The molecule has 0 aromatic heterocycles. The Bertz CT molecular complexity index is 633. The molecule has 0 atom stereocenters. The standard InChI is InChI=1S/C14H14BF4NO2/c1-12(2)13(3,4)22-15(21-12)10-5-8(14(17,18)19)6-11(16)9(10)7-20/h5-6H,1-4H3. The van der Waals surface area contributed by atoms with Crippen LogP contribution < -0.4 is 5.46 Å². The van der Waals surface area contributed by atoms with Crippen molar-refractivity contribution in [3.63, 3.8) is 0 Å². The van der Waals surface area contributed by atoms with E-state index in [1.165, 1.54) is 0 Å². The van der Waals surface area contributed by atoms with E-state index in [-0.39, 0.29) is 5.46 Å². The quantitative estimate of drug-likeness (QED) is 0.591. The van der Waals surface area contributed by atoms with Crippen molar-refractivity contribution in [3.8, 4) is 6.07 Å². The van der Waals surface area contributed by atoms with Crippen LogP contribution in [0.15, 0.2) is 12.1 Å². The van der Waals surface area contributed by atoms with Crippen LogP contribution in [0.4, 0.5) is 17.6 Å². The first-order valence-corrected chi connectivity index (χ1v) is 6.55. The predicted molar refractivity (Wildman–Crippen MR) is 71.8 cm³/mol. The van der Waals surface area contributed by atoms with E-state index in [0.29, 0.717) is 12.1 Å². The van der Waals surface area contributed by atoms with Crippen LogP contribution in [0, 0.1) is 17.1 Å². The average molecular weight is 315 g/mol. The fraction of sp³-hybridized carbons (Fsp3) is 0.500. The number of nitrogens with zero attached hydrogens (tertiary/aromatic N) is 1. The van der Waals surface area contributed by atoms with Crippen LogP contribution >= 0.6 is 0 Å². The Hall–Kier alpha value is -1.59. The minimum absolute atomic E-state index is 0.256. The molecule has 1 heterocycles. The highest BCUT2D eigenvalue weighted by Gasteiger charge is 2.53. The second-order valence-electron chi connectivity index (χ2n) is 6.12. The lowest BCUT2D eigenvalue weighted by Gasteiger charge is -2.32. The molecular formula is C14H14BF4NO2. The lowest BCUT2D eigenvalue weighted by Crippen LogP contribution is -2.41. The molecule has 1 saturated heterocycles. The Labute approximate surface area is 126 Å². The lowest BCUT2D eigenvalue weighted by atomic mass is 9.75. The molecule has 0 bridgehead atoms. The third kappa shape index (κ3) is 2.71. The minimum atomic E-state index is -4.73. The molecule has 0 spiro atoms. The molecule has 0 aliphatic carbocycles. The van der Waals surface area contributed by atoms with Crippen molar-refractivity contribution >= 4 is 12.6 Å². The maximum Gasteiger partial charge on any atom is 0.496 e. The molecule has 118 valence electrons. The summed E-state index contributed by atoms with van der Waals surface area (Å²) in [6, 6.07) is 2.57. The van der Waals surface area contributed by atoms with Gasteiger partial charge in [-0.25, -0.2) is 4.39 Å². The summed E-state index contributed by atoms with van der Waals surface area (Å²) in [5.74, 6) is -1.25. The Morgan fingerprint density at radius 2 is 1.59 bits per heavy atom. The van der Waals surface area contributed by atoms with E-state index in [9.17, 15) is 17.6 Å². The van der Waals surface area contributed by atoms with E-state index in [1.54, 1.807) is 33.8 Å². The van der Waals surface area contributed by atoms with E-state index in [2.05, 4.69) is 0 Å². The largest absolute Gasteiger partial charge is 0.496 e. The van der Waals surface area contributed by atoms with Gasteiger partial charge in [0.25, 0.3) is 0 Å². The van der Waals surface area contributed by atoms with Crippen molar-refractivity contribution in [2.75, 3.05) is 0 Å². The van der Waals surface area contributed by atoms with E-state index in [4.69, 9.17) is 14.6 Å². The third-order valence-electron chi connectivity index (χ3n) is 4.07. The van der Waals surface area contributed by atoms with Gasteiger partial charge >= 0.3 is 13.3 Å². The highest BCUT2D eigenvalue weighted by atomic mass is 19.4. The molecular weight excluding hydrogens is 301 g/mol. The minimum Gasteiger partial charge on any atom is -0.399 e. The molecule has 1 aromatic carbocycles. The number of benzene rings is 1. The first-order valence-electron chi connectivity index (χ1n) is 6.55. The van der Waals surface area contributed by atoms with E-state index >= 15 is 0 Å². The number of halogens is 4. The number of nitriles is 1. The molecule has 0 amide bonds. The van der Waals surface area contributed by atoms with Crippen LogP contribution in [-0.4, -0.2) is 18.3 Å². The Morgan fingerprint density at radius 3 is 2.00 bits per heavy atom. The zero-order valence-corrected chi connectivity index (χ0v) is 12.5. The molecule has 3 nitrogen and oxygen atoms in total. The number of rotatable bonds is 1. The van der Waals surface area contributed by atoms with E-state index in [0.717, 1.165) is 0 Å². The molecule has 0 N–H and O–H groups in total. The normalized spacial score (nSPS) is 20.0. The molecule has 0 radical (unpaired) electrons. The van der Waals surface area contributed by atoms with Crippen LogP contribution in [0.5, 0.6) is 0 Å². The van der Waals surface area contributed by atoms with Gasteiger partial charge in [-0.05, 0) is 39.8 Å². The van der Waals surface area contributed by atoms with Crippen LogP contribution in [0.1, 0.15) is 38.8 Å². The second-order valence-corrected chi connectivity index (χ2v) is 6.12. The molecule has 1 fully saturated rings. The molecule has 0 saturated carbocycles. The Morgan fingerprint density at radius 1 is 1.09 bits per heavy atom. The van der Waals surface area contributed by atoms with Gasteiger partial charge in [0.2, 0.25) is 0 Å². The van der Waals surface area contributed by atoms with Gasteiger partial charge in [0.15, 0.2) is 0 Å². The summed E-state index contributed by atoms with van der Waals surface area (Å²) in [6.45, 7) is 6.85. The fourth-order valence-electron chi connectivity index (χ4n) is 2.07.